The summed E-state index contributed by atoms with van der Waals surface area (Å²) in [6, 6.07) is 5.99. The third-order valence-electron chi connectivity index (χ3n) is 3.04. The van der Waals surface area contributed by atoms with Gasteiger partial charge in [0.2, 0.25) is 0 Å². The van der Waals surface area contributed by atoms with E-state index < -0.39 is 0 Å². The van der Waals surface area contributed by atoms with Gasteiger partial charge in [0.1, 0.15) is 11.6 Å². The quantitative estimate of drug-likeness (QED) is 0.802. The van der Waals surface area contributed by atoms with Crippen molar-refractivity contribution in [2.45, 2.75) is 19.3 Å². The Morgan fingerprint density at radius 1 is 1.35 bits per heavy atom. The molecule has 2 rings (SSSR count). The fraction of sp³-hybridized carbons (Fsp3) is 0.462. The van der Waals surface area contributed by atoms with Crippen LogP contribution < -0.4 is 10.5 Å². The van der Waals surface area contributed by atoms with E-state index in [1.807, 2.05) is 18.2 Å². The molecular weight excluding hydrogens is 214 g/mol. The molecule has 1 aromatic heterocycles. The molecule has 4 nitrogen and oxygen atoms in total. The Labute approximate surface area is 101 Å². The van der Waals surface area contributed by atoms with Gasteiger partial charge >= 0.3 is 0 Å². The first kappa shape index (κ1) is 11.9. The predicted octanol–water partition coefficient (Wildman–Crippen LogP) is 1.86. The number of ether oxygens (including phenoxy) is 1. The number of rotatable bonds is 5. The van der Waals surface area contributed by atoms with Crippen LogP contribution in [0.4, 0.5) is 0 Å². The standard InChI is InChI=1S/C13H19N3O/c1-16-12-7-6-10(17-2)9-11(12)15-13(16)5-3-4-8-14/h6-7,9H,3-5,8,14H2,1-2H3. The molecule has 92 valence electrons. The summed E-state index contributed by atoms with van der Waals surface area (Å²) in [6.45, 7) is 0.748. The van der Waals surface area contributed by atoms with E-state index in [0.717, 1.165) is 48.4 Å². The van der Waals surface area contributed by atoms with Crippen molar-refractivity contribution in [1.82, 2.24) is 9.55 Å². The molecule has 0 aliphatic carbocycles. The van der Waals surface area contributed by atoms with E-state index in [4.69, 9.17) is 10.5 Å². The minimum Gasteiger partial charge on any atom is -0.497 e. The Morgan fingerprint density at radius 3 is 2.88 bits per heavy atom. The van der Waals surface area contributed by atoms with Crippen molar-refractivity contribution in [2.75, 3.05) is 13.7 Å². The van der Waals surface area contributed by atoms with E-state index >= 15 is 0 Å². The first-order valence-corrected chi connectivity index (χ1v) is 5.95. The lowest BCUT2D eigenvalue weighted by Crippen LogP contribution is -2.02. The highest BCUT2D eigenvalue weighted by molar-refractivity contribution is 5.77. The van der Waals surface area contributed by atoms with Gasteiger partial charge in [-0.2, -0.15) is 0 Å². The number of imidazole rings is 1. The molecule has 0 bridgehead atoms. The van der Waals surface area contributed by atoms with Crippen molar-refractivity contribution in [3.63, 3.8) is 0 Å². The molecule has 0 fully saturated rings. The summed E-state index contributed by atoms with van der Waals surface area (Å²) in [7, 11) is 3.73. The molecule has 0 radical (unpaired) electrons. The molecule has 2 aromatic rings. The number of nitrogens with two attached hydrogens (primary N) is 1. The van der Waals surface area contributed by atoms with E-state index in [-0.39, 0.29) is 0 Å². The van der Waals surface area contributed by atoms with Crippen molar-refractivity contribution in [3.05, 3.63) is 24.0 Å². The van der Waals surface area contributed by atoms with Crippen molar-refractivity contribution in [3.8, 4) is 5.75 Å². The van der Waals surface area contributed by atoms with Gasteiger partial charge in [-0.3, -0.25) is 0 Å². The maximum atomic E-state index is 5.50. The van der Waals surface area contributed by atoms with Crippen molar-refractivity contribution in [1.29, 1.82) is 0 Å². The van der Waals surface area contributed by atoms with Crippen molar-refractivity contribution in [2.24, 2.45) is 12.8 Å². The second kappa shape index (κ2) is 5.19. The van der Waals surface area contributed by atoms with Crippen LogP contribution in [0.3, 0.4) is 0 Å². The Balaban J connectivity index is 2.28. The first-order valence-electron chi connectivity index (χ1n) is 5.95. The lowest BCUT2D eigenvalue weighted by molar-refractivity contribution is 0.415. The van der Waals surface area contributed by atoms with Gasteiger partial charge in [0.05, 0.1) is 18.1 Å². The number of nitrogens with zero attached hydrogens (tertiary/aromatic N) is 2. The number of methoxy groups -OCH3 is 1. The zero-order chi connectivity index (χ0) is 12.3. The van der Waals surface area contributed by atoms with Crippen LogP contribution in [-0.4, -0.2) is 23.2 Å². The van der Waals surface area contributed by atoms with Crippen LogP contribution in [0.1, 0.15) is 18.7 Å². The average Bonchev–Trinajstić information content (AvgIpc) is 2.66. The Hall–Kier alpha value is -1.55. The van der Waals surface area contributed by atoms with Gasteiger partial charge in [-0.1, -0.05) is 0 Å². The molecule has 1 heterocycles. The second-order valence-electron chi connectivity index (χ2n) is 4.19. The SMILES string of the molecule is COc1ccc2c(c1)nc(CCCCN)n2C. The van der Waals surface area contributed by atoms with E-state index in [9.17, 15) is 0 Å². The molecule has 0 amide bonds. The summed E-state index contributed by atoms with van der Waals surface area (Å²) in [5, 5.41) is 0. The van der Waals surface area contributed by atoms with Crippen LogP contribution in [-0.2, 0) is 13.5 Å². The van der Waals surface area contributed by atoms with Crippen LogP contribution in [0.25, 0.3) is 11.0 Å². The van der Waals surface area contributed by atoms with Crippen LogP contribution in [0, 0.1) is 0 Å². The highest BCUT2D eigenvalue weighted by Crippen LogP contribution is 2.21. The van der Waals surface area contributed by atoms with Crippen LogP contribution in [0.5, 0.6) is 5.75 Å². The number of hydrogen-bond donors (Lipinski definition) is 1. The zero-order valence-electron chi connectivity index (χ0n) is 10.4. The van der Waals surface area contributed by atoms with Gasteiger partial charge in [-0.25, -0.2) is 4.98 Å². The largest absolute Gasteiger partial charge is 0.497 e. The first-order chi connectivity index (χ1) is 8.26. The Bertz CT molecular complexity index is 505. The molecule has 0 atom stereocenters. The Kier molecular flexibility index (Phi) is 3.64. The monoisotopic (exact) mass is 233 g/mol. The van der Waals surface area contributed by atoms with Gasteiger partial charge in [0.15, 0.2) is 0 Å². The van der Waals surface area contributed by atoms with Gasteiger partial charge < -0.3 is 15.0 Å². The van der Waals surface area contributed by atoms with Gasteiger partial charge in [0, 0.05) is 19.5 Å². The molecule has 0 spiro atoms. The second-order valence-corrected chi connectivity index (χ2v) is 4.19. The third kappa shape index (κ3) is 2.42. The minimum absolute atomic E-state index is 0.748. The minimum atomic E-state index is 0.748. The molecule has 2 N–H and O–H groups in total. The number of unbranched alkanes of at least 4 members (excludes halogenated alkanes) is 1. The third-order valence-corrected chi connectivity index (χ3v) is 3.04. The topological polar surface area (TPSA) is 53.1 Å². The number of aromatic nitrogens is 2. The molecule has 0 unspecified atom stereocenters. The molecule has 0 aliphatic heterocycles. The molecule has 0 aliphatic rings. The van der Waals surface area contributed by atoms with Crippen LogP contribution in [0.2, 0.25) is 0 Å². The fourth-order valence-electron chi connectivity index (χ4n) is 2.01. The lowest BCUT2D eigenvalue weighted by atomic mass is 10.2. The maximum Gasteiger partial charge on any atom is 0.121 e. The summed E-state index contributed by atoms with van der Waals surface area (Å²) < 4.78 is 7.35. The number of hydrogen-bond acceptors (Lipinski definition) is 3. The molecule has 4 heteroatoms. The summed E-state index contributed by atoms with van der Waals surface area (Å²) in [4.78, 5) is 4.63. The summed E-state index contributed by atoms with van der Waals surface area (Å²) in [5.41, 5.74) is 7.64. The van der Waals surface area contributed by atoms with Crippen molar-refractivity contribution >= 4 is 11.0 Å². The van der Waals surface area contributed by atoms with E-state index in [1.165, 1.54) is 0 Å². The molecular formula is C13H19N3O. The zero-order valence-corrected chi connectivity index (χ0v) is 10.4. The van der Waals surface area contributed by atoms with Gasteiger partial charge in [-0.15, -0.1) is 0 Å². The van der Waals surface area contributed by atoms with Gasteiger partial charge in [0.25, 0.3) is 0 Å². The van der Waals surface area contributed by atoms with Crippen molar-refractivity contribution < 1.29 is 4.74 Å². The molecule has 1 aromatic carbocycles. The number of fused-ring (bicyclic) bond motifs is 1. The molecule has 17 heavy (non-hydrogen) atoms. The highest BCUT2D eigenvalue weighted by atomic mass is 16.5. The highest BCUT2D eigenvalue weighted by Gasteiger charge is 2.07. The number of benzene rings is 1. The van der Waals surface area contributed by atoms with Crippen LogP contribution in [0.15, 0.2) is 18.2 Å². The van der Waals surface area contributed by atoms with Crippen LogP contribution >= 0.6 is 0 Å². The maximum absolute atomic E-state index is 5.50. The predicted molar refractivity (Wildman–Crippen MR) is 69.3 cm³/mol. The van der Waals surface area contributed by atoms with E-state index in [0.29, 0.717) is 0 Å². The summed E-state index contributed by atoms with van der Waals surface area (Å²) in [6.07, 6.45) is 3.11. The molecule has 0 saturated carbocycles. The summed E-state index contributed by atoms with van der Waals surface area (Å²) in [5.74, 6) is 1.96. The normalized spacial score (nSPS) is 11.0. The number of aryl methyl sites for hydroxylation is 2. The van der Waals surface area contributed by atoms with E-state index in [2.05, 4.69) is 16.6 Å². The lowest BCUT2D eigenvalue weighted by Gasteiger charge is -2.01. The molecule has 0 saturated heterocycles. The Morgan fingerprint density at radius 2 is 2.18 bits per heavy atom. The fourth-order valence-corrected chi connectivity index (χ4v) is 2.01. The summed E-state index contributed by atoms with van der Waals surface area (Å²) >= 11 is 0. The van der Waals surface area contributed by atoms with E-state index in [1.54, 1.807) is 7.11 Å². The van der Waals surface area contributed by atoms with Gasteiger partial charge in [-0.05, 0) is 31.5 Å². The smallest absolute Gasteiger partial charge is 0.121 e. The average molecular weight is 233 g/mol.